The van der Waals surface area contributed by atoms with E-state index in [1.54, 1.807) is 0 Å². The van der Waals surface area contributed by atoms with E-state index in [2.05, 4.69) is 38.5 Å². The Morgan fingerprint density at radius 3 is 2.71 bits per heavy atom. The number of hydrogen-bond acceptors (Lipinski definition) is 1. The van der Waals surface area contributed by atoms with E-state index in [4.69, 9.17) is 23.2 Å². The van der Waals surface area contributed by atoms with Gasteiger partial charge >= 0.3 is 0 Å². The average Bonchev–Trinajstić information content (AvgIpc) is 2.82. The number of fused-ring (bicyclic) bond motifs is 1. The first-order valence-electron chi connectivity index (χ1n) is 6.56. The molecule has 0 saturated heterocycles. The summed E-state index contributed by atoms with van der Waals surface area (Å²) in [4.78, 5) is 4.68. The number of benzene rings is 2. The second kappa shape index (κ2) is 5.64. The van der Waals surface area contributed by atoms with Crippen LogP contribution in [0.15, 0.2) is 40.9 Å². The van der Waals surface area contributed by atoms with Crippen molar-refractivity contribution in [3.63, 3.8) is 0 Å². The van der Waals surface area contributed by atoms with Crippen molar-refractivity contribution in [3.05, 3.63) is 57.3 Å². The van der Waals surface area contributed by atoms with Crippen molar-refractivity contribution in [1.82, 2.24) is 9.55 Å². The fourth-order valence-electron chi connectivity index (χ4n) is 2.48. The van der Waals surface area contributed by atoms with Gasteiger partial charge in [0.15, 0.2) is 0 Å². The topological polar surface area (TPSA) is 17.8 Å². The first kappa shape index (κ1) is 14.9. The largest absolute Gasteiger partial charge is 0.293 e. The van der Waals surface area contributed by atoms with Gasteiger partial charge in [-0.2, -0.15) is 0 Å². The zero-order valence-electron chi connectivity index (χ0n) is 11.6. The lowest BCUT2D eigenvalue weighted by molar-refractivity contribution is 0.881. The van der Waals surface area contributed by atoms with Gasteiger partial charge in [-0.3, -0.25) is 4.57 Å². The van der Waals surface area contributed by atoms with Crippen LogP contribution in [-0.4, -0.2) is 9.55 Å². The molecule has 0 aliphatic heterocycles. The number of para-hydroxylation sites is 1. The molecule has 1 heterocycles. The van der Waals surface area contributed by atoms with Gasteiger partial charge in [-0.25, -0.2) is 4.98 Å². The van der Waals surface area contributed by atoms with Crippen molar-refractivity contribution >= 4 is 50.2 Å². The molecule has 5 heteroatoms. The monoisotopic (exact) mass is 382 g/mol. The molecular weight excluding hydrogens is 371 g/mol. The number of halogens is 3. The number of alkyl halides is 1. The molecule has 1 atom stereocenters. The Kier molecular flexibility index (Phi) is 4.00. The molecule has 108 valence electrons. The first-order valence-corrected chi connectivity index (χ1v) is 8.17. The highest BCUT2D eigenvalue weighted by molar-refractivity contribution is 9.10. The molecule has 0 N–H and O–H groups in total. The van der Waals surface area contributed by atoms with Crippen molar-refractivity contribution in [2.24, 2.45) is 0 Å². The van der Waals surface area contributed by atoms with E-state index in [1.807, 2.05) is 37.3 Å². The Morgan fingerprint density at radius 1 is 1.24 bits per heavy atom. The Bertz CT molecular complexity index is 825. The van der Waals surface area contributed by atoms with Crippen LogP contribution in [0.25, 0.3) is 16.7 Å². The first-order chi connectivity index (χ1) is 9.99. The number of imidazole rings is 1. The number of hydrogen-bond donors (Lipinski definition) is 0. The highest BCUT2D eigenvalue weighted by atomic mass is 79.9. The summed E-state index contributed by atoms with van der Waals surface area (Å²) in [6.45, 7) is 3.98. The smallest absolute Gasteiger partial charge is 0.132 e. The van der Waals surface area contributed by atoms with Gasteiger partial charge in [0.05, 0.1) is 27.1 Å². The van der Waals surface area contributed by atoms with Crippen molar-refractivity contribution in [2.45, 2.75) is 19.2 Å². The minimum atomic E-state index is -0.216. The van der Waals surface area contributed by atoms with Gasteiger partial charge in [0.25, 0.3) is 0 Å². The molecule has 0 spiro atoms. The molecule has 1 aromatic heterocycles. The Labute approximate surface area is 141 Å². The van der Waals surface area contributed by atoms with Crippen LogP contribution in [-0.2, 0) is 0 Å². The summed E-state index contributed by atoms with van der Waals surface area (Å²) in [5.41, 5.74) is 3.98. The SMILES string of the molecule is Cc1cccc2nc(C(C)Cl)n(-c3cc(Br)ccc3Cl)c12. The van der Waals surface area contributed by atoms with E-state index in [0.29, 0.717) is 5.02 Å². The standard InChI is InChI=1S/C16H13BrCl2N2/c1-9-4-3-5-13-15(9)21(16(20-13)10(2)18)14-8-11(17)6-7-12(14)19/h3-8,10H,1-2H3. The van der Waals surface area contributed by atoms with Gasteiger partial charge < -0.3 is 0 Å². The highest BCUT2D eigenvalue weighted by Gasteiger charge is 2.19. The maximum atomic E-state index is 6.40. The summed E-state index contributed by atoms with van der Waals surface area (Å²) < 4.78 is 3.01. The molecular formula is C16H13BrCl2N2. The van der Waals surface area contributed by atoms with Gasteiger partial charge in [-0.15, -0.1) is 11.6 Å². The molecule has 2 aromatic carbocycles. The minimum absolute atomic E-state index is 0.216. The summed E-state index contributed by atoms with van der Waals surface area (Å²) in [5.74, 6) is 0.793. The fourth-order valence-corrected chi connectivity index (χ4v) is 3.18. The predicted octanol–water partition coefficient (Wildman–Crippen LogP) is 6.05. The number of rotatable bonds is 2. The van der Waals surface area contributed by atoms with E-state index >= 15 is 0 Å². The van der Waals surface area contributed by atoms with Gasteiger partial charge in [0.1, 0.15) is 5.82 Å². The summed E-state index contributed by atoms with van der Waals surface area (Å²) in [7, 11) is 0. The van der Waals surface area contributed by atoms with Crippen LogP contribution in [0.3, 0.4) is 0 Å². The predicted molar refractivity (Wildman–Crippen MR) is 92.8 cm³/mol. The second-order valence-corrected chi connectivity index (χ2v) is 6.94. The molecule has 2 nitrogen and oxygen atoms in total. The van der Waals surface area contributed by atoms with Crippen molar-refractivity contribution in [2.75, 3.05) is 0 Å². The van der Waals surface area contributed by atoms with Crippen LogP contribution in [0.2, 0.25) is 5.02 Å². The molecule has 0 fully saturated rings. The van der Waals surface area contributed by atoms with Gasteiger partial charge in [-0.1, -0.05) is 39.7 Å². The van der Waals surface area contributed by atoms with Crippen molar-refractivity contribution < 1.29 is 0 Å². The Balaban J connectivity index is 2.44. The molecule has 21 heavy (non-hydrogen) atoms. The minimum Gasteiger partial charge on any atom is -0.293 e. The van der Waals surface area contributed by atoms with E-state index in [-0.39, 0.29) is 5.38 Å². The zero-order valence-corrected chi connectivity index (χ0v) is 14.7. The molecule has 0 aliphatic carbocycles. The number of aryl methyl sites for hydroxylation is 1. The lowest BCUT2D eigenvalue weighted by Gasteiger charge is -2.13. The summed E-state index contributed by atoms with van der Waals surface area (Å²) in [6.07, 6.45) is 0. The van der Waals surface area contributed by atoms with Gasteiger partial charge in [0, 0.05) is 4.47 Å². The summed E-state index contributed by atoms with van der Waals surface area (Å²) in [6, 6.07) is 11.8. The molecule has 0 radical (unpaired) electrons. The summed E-state index contributed by atoms with van der Waals surface area (Å²) >= 11 is 16.2. The average molecular weight is 384 g/mol. The third-order valence-electron chi connectivity index (χ3n) is 3.41. The molecule has 0 bridgehead atoms. The molecule has 3 rings (SSSR count). The highest BCUT2D eigenvalue weighted by Crippen LogP contribution is 2.34. The van der Waals surface area contributed by atoms with E-state index in [0.717, 1.165) is 32.6 Å². The fraction of sp³-hybridized carbons (Fsp3) is 0.188. The second-order valence-electron chi connectivity index (χ2n) is 4.96. The van der Waals surface area contributed by atoms with Crippen LogP contribution in [0.1, 0.15) is 23.7 Å². The molecule has 3 aromatic rings. The lowest BCUT2D eigenvalue weighted by Crippen LogP contribution is -2.03. The quantitative estimate of drug-likeness (QED) is 0.492. The van der Waals surface area contributed by atoms with Crippen LogP contribution < -0.4 is 0 Å². The maximum absolute atomic E-state index is 6.40. The Morgan fingerprint density at radius 2 is 2.00 bits per heavy atom. The van der Waals surface area contributed by atoms with Gasteiger partial charge in [-0.05, 0) is 43.7 Å². The molecule has 0 aliphatic rings. The third-order valence-corrected chi connectivity index (χ3v) is 4.42. The Hall–Kier alpha value is -1.03. The van der Waals surface area contributed by atoms with E-state index in [1.165, 1.54) is 0 Å². The van der Waals surface area contributed by atoms with E-state index < -0.39 is 0 Å². The summed E-state index contributed by atoms with van der Waals surface area (Å²) in [5, 5.41) is 0.450. The third kappa shape index (κ3) is 2.59. The molecule has 0 saturated carbocycles. The molecule has 1 unspecified atom stereocenters. The normalized spacial score (nSPS) is 12.8. The number of nitrogens with zero attached hydrogens (tertiary/aromatic N) is 2. The van der Waals surface area contributed by atoms with Gasteiger partial charge in [0.2, 0.25) is 0 Å². The van der Waals surface area contributed by atoms with Crippen LogP contribution in [0.5, 0.6) is 0 Å². The van der Waals surface area contributed by atoms with E-state index in [9.17, 15) is 0 Å². The van der Waals surface area contributed by atoms with Crippen molar-refractivity contribution in [3.8, 4) is 5.69 Å². The van der Waals surface area contributed by atoms with Crippen LogP contribution >= 0.6 is 39.1 Å². The number of aromatic nitrogens is 2. The van der Waals surface area contributed by atoms with Crippen molar-refractivity contribution in [1.29, 1.82) is 0 Å². The maximum Gasteiger partial charge on any atom is 0.132 e. The van der Waals surface area contributed by atoms with Crippen LogP contribution in [0.4, 0.5) is 0 Å². The molecule has 0 amide bonds. The van der Waals surface area contributed by atoms with Crippen LogP contribution in [0, 0.1) is 6.92 Å². The lowest BCUT2D eigenvalue weighted by atomic mass is 10.2. The zero-order chi connectivity index (χ0) is 15.1.